The second-order valence-electron chi connectivity index (χ2n) is 7.88. The van der Waals surface area contributed by atoms with Crippen molar-refractivity contribution in [3.05, 3.63) is 75.6 Å². The number of carbonyl (C=O) groups is 2. The molecule has 9 nitrogen and oxygen atoms in total. The summed E-state index contributed by atoms with van der Waals surface area (Å²) in [5, 5.41) is 25.0. The number of piperidine rings is 1. The van der Waals surface area contributed by atoms with Gasteiger partial charge < -0.3 is 16.2 Å². The van der Waals surface area contributed by atoms with Gasteiger partial charge in [-0.2, -0.15) is 4.68 Å². The molecule has 1 aliphatic heterocycles. The normalized spacial score (nSPS) is 15.7. The van der Waals surface area contributed by atoms with Crippen molar-refractivity contribution in [2.75, 3.05) is 13.1 Å². The van der Waals surface area contributed by atoms with Crippen LogP contribution >= 0.6 is 23.4 Å². The van der Waals surface area contributed by atoms with Crippen LogP contribution in [-0.2, 0) is 5.75 Å². The highest BCUT2D eigenvalue weighted by Gasteiger charge is 2.26. The van der Waals surface area contributed by atoms with Crippen molar-refractivity contribution in [1.29, 1.82) is 5.41 Å². The largest absolute Gasteiger partial charge is 0.478 e. The van der Waals surface area contributed by atoms with Crippen LogP contribution in [0, 0.1) is 5.41 Å². The summed E-state index contributed by atoms with van der Waals surface area (Å²) < 4.78 is 1.21. The van der Waals surface area contributed by atoms with E-state index in [-0.39, 0.29) is 27.9 Å². The van der Waals surface area contributed by atoms with Crippen molar-refractivity contribution < 1.29 is 14.7 Å². The number of nitrogens with one attached hydrogen (secondary N) is 2. The van der Waals surface area contributed by atoms with Gasteiger partial charge in [-0.25, -0.2) is 9.78 Å². The summed E-state index contributed by atoms with van der Waals surface area (Å²) in [6, 6.07) is 11.6. The summed E-state index contributed by atoms with van der Waals surface area (Å²) in [5.41, 5.74) is 7.01. The number of hydrogen-bond donors (Lipinski definition) is 4. The van der Waals surface area contributed by atoms with Crippen LogP contribution < -0.4 is 11.1 Å². The van der Waals surface area contributed by atoms with Gasteiger partial charge in [0, 0.05) is 23.8 Å². The Labute approximate surface area is 205 Å². The van der Waals surface area contributed by atoms with E-state index in [9.17, 15) is 14.7 Å². The molecule has 0 aliphatic carbocycles. The van der Waals surface area contributed by atoms with E-state index < -0.39 is 11.9 Å². The number of thioether (sulfide) groups is 1. The number of carboxylic acid groups (broad SMARTS) is 1. The van der Waals surface area contributed by atoms with Gasteiger partial charge in [0.15, 0.2) is 11.0 Å². The van der Waals surface area contributed by atoms with Crippen molar-refractivity contribution in [3.8, 4) is 0 Å². The maximum Gasteiger partial charge on any atom is 0.337 e. The van der Waals surface area contributed by atoms with E-state index >= 15 is 0 Å². The molecule has 1 aliphatic rings. The minimum atomic E-state index is -1.21. The average Bonchev–Trinajstić information content (AvgIpc) is 3.27. The van der Waals surface area contributed by atoms with Gasteiger partial charge in [-0.05, 0) is 37.1 Å². The minimum absolute atomic E-state index is 0.00394. The zero-order valence-corrected chi connectivity index (χ0v) is 19.7. The molecule has 5 N–H and O–H groups in total. The Hall–Kier alpha value is -3.21. The first-order valence-electron chi connectivity index (χ1n) is 10.7. The summed E-state index contributed by atoms with van der Waals surface area (Å²) in [7, 11) is 0. The molecule has 1 aromatic heterocycles. The first kappa shape index (κ1) is 23.9. The number of carbonyl (C=O) groups excluding carboxylic acids is 1. The van der Waals surface area contributed by atoms with Crippen molar-refractivity contribution in [2.45, 2.75) is 29.7 Å². The molecule has 1 atom stereocenters. The third-order valence-electron chi connectivity index (χ3n) is 5.54. The SMILES string of the molecule is N=C(N)c1ccc(CSc2nc(C3CCCNC3)nn2C(=O)c2cccc(C(=O)O)c2Cl)cc1. The molecule has 2 aromatic carbocycles. The van der Waals surface area contributed by atoms with Crippen molar-refractivity contribution in [2.24, 2.45) is 5.73 Å². The Bertz CT molecular complexity index is 1240. The molecule has 4 rings (SSSR count). The van der Waals surface area contributed by atoms with Gasteiger partial charge >= 0.3 is 5.97 Å². The molecule has 2 heterocycles. The summed E-state index contributed by atoms with van der Waals surface area (Å²) in [4.78, 5) is 29.5. The molecular formula is C23H23ClN6O3S. The maximum atomic E-state index is 13.4. The Balaban J connectivity index is 1.65. The molecule has 0 bridgehead atoms. The predicted octanol–water partition coefficient (Wildman–Crippen LogP) is 3.36. The topological polar surface area (TPSA) is 147 Å². The number of carboxylic acids is 1. The summed E-state index contributed by atoms with van der Waals surface area (Å²) in [6.07, 6.45) is 1.90. The smallest absolute Gasteiger partial charge is 0.337 e. The monoisotopic (exact) mass is 498 g/mol. The molecule has 11 heteroatoms. The third-order valence-corrected chi connectivity index (χ3v) is 6.95. The Morgan fingerprint density at radius 2 is 1.97 bits per heavy atom. The van der Waals surface area contributed by atoms with E-state index in [0.717, 1.165) is 31.5 Å². The van der Waals surface area contributed by atoms with Gasteiger partial charge in [-0.3, -0.25) is 10.2 Å². The number of amidine groups is 1. The number of benzene rings is 2. The fourth-order valence-electron chi connectivity index (χ4n) is 3.69. The number of aromatic carboxylic acids is 1. The van der Waals surface area contributed by atoms with Gasteiger partial charge in [0.2, 0.25) is 0 Å². The number of rotatable bonds is 7. The minimum Gasteiger partial charge on any atom is -0.478 e. The lowest BCUT2D eigenvalue weighted by atomic mass is 9.99. The van der Waals surface area contributed by atoms with Gasteiger partial charge in [0.1, 0.15) is 5.84 Å². The quantitative estimate of drug-likeness (QED) is 0.220. The lowest BCUT2D eigenvalue weighted by Crippen LogP contribution is -2.29. The number of hydrogen-bond acceptors (Lipinski definition) is 7. The van der Waals surface area contributed by atoms with Crippen LogP contribution in [0.25, 0.3) is 0 Å². The molecule has 0 amide bonds. The number of nitrogens with two attached hydrogens (primary N) is 1. The molecular weight excluding hydrogens is 476 g/mol. The highest BCUT2D eigenvalue weighted by atomic mass is 35.5. The first-order chi connectivity index (χ1) is 16.3. The fourth-order valence-corrected chi connectivity index (χ4v) is 4.87. The molecule has 1 saturated heterocycles. The zero-order chi connectivity index (χ0) is 24.2. The Morgan fingerprint density at radius 1 is 1.24 bits per heavy atom. The summed E-state index contributed by atoms with van der Waals surface area (Å²) >= 11 is 7.60. The van der Waals surface area contributed by atoms with Crippen molar-refractivity contribution in [1.82, 2.24) is 20.1 Å². The second kappa shape index (κ2) is 10.4. The van der Waals surface area contributed by atoms with Gasteiger partial charge in [0.25, 0.3) is 5.91 Å². The van der Waals surface area contributed by atoms with Gasteiger partial charge in [-0.15, -0.1) is 5.10 Å². The van der Waals surface area contributed by atoms with E-state index in [1.165, 1.54) is 34.6 Å². The zero-order valence-electron chi connectivity index (χ0n) is 18.1. The second-order valence-corrected chi connectivity index (χ2v) is 9.20. The van der Waals surface area contributed by atoms with E-state index in [2.05, 4.69) is 15.4 Å². The molecule has 0 saturated carbocycles. The maximum absolute atomic E-state index is 13.4. The van der Waals surface area contributed by atoms with E-state index in [4.69, 9.17) is 22.7 Å². The van der Waals surface area contributed by atoms with Crippen LogP contribution in [-0.4, -0.2) is 50.7 Å². The summed E-state index contributed by atoms with van der Waals surface area (Å²) in [6.45, 7) is 1.66. The third kappa shape index (κ3) is 5.14. The van der Waals surface area contributed by atoms with Crippen LogP contribution in [0.15, 0.2) is 47.6 Å². The molecule has 0 radical (unpaired) electrons. The van der Waals surface area contributed by atoms with Crippen LogP contribution in [0.3, 0.4) is 0 Å². The van der Waals surface area contributed by atoms with Gasteiger partial charge in [0.05, 0.1) is 16.1 Å². The van der Waals surface area contributed by atoms with Crippen molar-refractivity contribution >= 4 is 41.1 Å². The van der Waals surface area contributed by atoms with E-state index in [0.29, 0.717) is 22.3 Å². The number of aromatic nitrogens is 3. The highest BCUT2D eigenvalue weighted by Crippen LogP contribution is 2.29. The van der Waals surface area contributed by atoms with E-state index in [1.54, 1.807) is 12.1 Å². The molecule has 3 aromatic rings. The predicted molar refractivity (Wildman–Crippen MR) is 130 cm³/mol. The van der Waals surface area contributed by atoms with E-state index in [1.807, 2.05) is 12.1 Å². The number of nitrogen functional groups attached to an aromatic ring is 1. The average molecular weight is 499 g/mol. The molecule has 176 valence electrons. The first-order valence-corrected chi connectivity index (χ1v) is 12.0. The Morgan fingerprint density at radius 3 is 2.62 bits per heavy atom. The van der Waals surface area contributed by atoms with Gasteiger partial charge in [-0.1, -0.05) is 53.7 Å². The van der Waals surface area contributed by atoms with Crippen LogP contribution in [0.4, 0.5) is 0 Å². The fraction of sp³-hybridized carbons (Fsp3) is 0.261. The molecule has 1 unspecified atom stereocenters. The van der Waals surface area contributed by atoms with Crippen LogP contribution in [0.2, 0.25) is 5.02 Å². The summed E-state index contributed by atoms with van der Waals surface area (Å²) in [5.74, 6) is -0.593. The molecule has 1 fully saturated rings. The lowest BCUT2D eigenvalue weighted by Gasteiger charge is -2.19. The van der Waals surface area contributed by atoms with Crippen molar-refractivity contribution in [3.63, 3.8) is 0 Å². The lowest BCUT2D eigenvalue weighted by molar-refractivity contribution is 0.0697. The molecule has 34 heavy (non-hydrogen) atoms. The Kier molecular flexibility index (Phi) is 7.30. The number of nitrogens with zero attached hydrogens (tertiary/aromatic N) is 3. The molecule has 0 spiro atoms. The van der Waals surface area contributed by atoms with Crippen LogP contribution in [0.1, 0.15) is 56.4 Å². The highest BCUT2D eigenvalue weighted by molar-refractivity contribution is 7.98. The standard InChI is InChI=1S/C23H23ClN6O3S/c24-18-16(4-1-5-17(18)22(32)33)21(31)30-23(28-20(29-30)15-3-2-10-27-11-15)34-12-13-6-8-14(9-7-13)19(25)26/h1,4-9,15,27H,2-3,10-12H2,(H3,25,26)(H,32,33). The number of halogens is 1. The van der Waals surface area contributed by atoms with Crippen LogP contribution in [0.5, 0.6) is 0 Å².